The van der Waals surface area contributed by atoms with Crippen molar-refractivity contribution >= 4 is 11.6 Å². The highest BCUT2D eigenvalue weighted by Crippen LogP contribution is 2.20. The van der Waals surface area contributed by atoms with E-state index in [0.717, 1.165) is 28.2 Å². The number of carbonyl (C=O) groups excluding carboxylic acids is 1. The first-order valence-corrected chi connectivity index (χ1v) is 8.88. The Morgan fingerprint density at radius 3 is 2.46 bits per heavy atom. The van der Waals surface area contributed by atoms with E-state index in [0.29, 0.717) is 13.0 Å². The maximum atomic E-state index is 12.6. The van der Waals surface area contributed by atoms with Crippen LogP contribution in [0.25, 0.3) is 0 Å². The van der Waals surface area contributed by atoms with Gasteiger partial charge in [0.1, 0.15) is 0 Å². The van der Waals surface area contributed by atoms with Crippen LogP contribution in [-0.4, -0.2) is 15.7 Å². The summed E-state index contributed by atoms with van der Waals surface area (Å²) in [6.07, 6.45) is 0.333. The fraction of sp³-hybridized carbons (Fsp3) is 0.273. The van der Waals surface area contributed by atoms with Gasteiger partial charge in [-0.25, -0.2) is 0 Å². The van der Waals surface area contributed by atoms with Gasteiger partial charge < -0.3 is 5.32 Å². The van der Waals surface area contributed by atoms with Crippen molar-refractivity contribution < 1.29 is 4.79 Å². The predicted molar refractivity (Wildman–Crippen MR) is 105 cm³/mol. The largest absolute Gasteiger partial charge is 0.326 e. The van der Waals surface area contributed by atoms with Gasteiger partial charge in [0, 0.05) is 16.9 Å². The molecule has 2 aromatic carbocycles. The van der Waals surface area contributed by atoms with Crippen LogP contribution in [-0.2, 0) is 17.8 Å². The maximum absolute atomic E-state index is 12.6. The number of aryl methyl sites for hydroxylation is 2. The molecular weight excluding hydrogens is 322 g/mol. The number of carbonyl (C=O) groups is 1. The molecule has 3 aromatic rings. The van der Waals surface area contributed by atoms with Gasteiger partial charge >= 0.3 is 0 Å². The number of benzene rings is 2. The Morgan fingerprint density at radius 1 is 1.00 bits per heavy atom. The van der Waals surface area contributed by atoms with E-state index in [2.05, 4.69) is 22.5 Å². The Balaban J connectivity index is 1.75. The summed E-state index contributed by atoms with van der Waals surface area (Å²) in [5, 5.41) is 7.67. The van der Waals surface area contributed by atoms with Gasteiger partial charge in [-0.05, 0) is 50.5 Å². The lowest BCUT2D eigenvalue weighted by atomic mass is 10.1. The van der Waals surface area contributed by atoms with E-state index >= 15 is 0 Å². The molecule has 0 fully saturated rings. The van der Waals surface area contributed by atoms with Gasteiger partial charge in [-0.3, -0.25) is 9.48 Å². The van der Waals surface area contributed by atoms with Crippen molar-refractivity contribution in [3.63, 3.8) is 0 Å². The first-order valence-electron chi connectivity index (χ1n) is 8.88. The van der Waals surface area contributed by atoms with Crippen molar-refractivity contribution in [1.29, 1.82) is 0 Å². The molecule has 0 bridgehead atoms. The van der Waals surface area contributed by atoms with Crippen LogP contribution in [0.15, 0.2) is 48.5 Å². The molecular formula is C22H25N3O. The van der Waals surface area contributed by atoms with Gasteiger partial charge in [0.15, 0.2) is 0 Å². The topological polar surface area (TPSA) is 46.9 Å². The predicted octanol–water partition coefficient (Wildman–Crippen LogP) is 4.35. The summed E-state index contributed by atoms with van der Waals surface area (Å²) in [6.45, 7) is 8.79. The third-order valence-electron chi connectivity index (χ3n) is 4.92. The summed E-state index contributed by atoms with van der Waals surface area (Å²) in [5.41, 5.74) is 7.31. The summed E-state index contributed by atoms with van der Waals surface area (Å²) in [6, 6.07) is 16.2. The Hall–Kier alpha value is -2.88. The van der Waals surface area contributed by atoms with Crippen molar-refractivity contribution in [2.75, 3.05) is 5.32 Å². The number of nitrogens with one attached hydrogen (secondary N) is 1. The van der Waals surface area contributed by atoms with Crippen molar-refractivity contribution in [2.24, 2.45) is 0 Å². The smallest absolute Gasteiger partial charge is 0.228 e. The van der Waals surface area contributed by atoms with Gasteiger partial charge in [0.2, 0.25) is 5.91 Å². The van der Waals surface area contributed by atoms with Gasteiger partial charge in [0.05, 0.1) is 18.7 Å². The summed E-state index contributed by atoms with van der Waals surface area (Å²) in [7, 11) is 0. The average Bonchev–Trinajstić information content (AvgIpc) is 2.87. The van der Waals surface area contributed by atoms with Crippen LogP contribution in [0, 0.1) is 27.7 Å². The van der Waals surface area contributed by atoms with Gasteiger partial charge in [-0.2, -0.15) is 5.10 Å². The molecule has 0 radical (unpaired) electrons. The molecule has 1 N–H and O–H groups in total. The second kappa shape index (κ2) is 7.56. The van der Waals surface area contributed by atoms with E-state index in [1.807, 2.05) is 68.8 Å². The zero-order valence-electron chi connectivity index (χ0n) is 15.8. The zero-order valence-corrected chi connectivity index (χ0v) is 15.8. The lowest BCUT2D eigenvalue weighted by Gasteiger charge is -2.11. The van der Waals surface area contributed by atoms with E-state index in [4.69, 9.17) is 0 Å². The molecule has 0 unspecified atom stereocenters. The molecule has 0 aliphatic heterocycles. The van der Waals surface area contributed by atoms with Crippen molar-refractivity contribution in [1.82, 2.24) is 9.78 Å². The van der Waals surface area contributed by atoms with Crippen LogP contribution in [0.5, 0.6) is 0 Å². The van der Waals surface area contributed by atoms with Crippen LogP contribution >= 0.6 is 0 Å². The molecule has 26 heavy (non-hydrogen) atoms. The Bertz CT molecular complexity index is 926. The molecule has 1 heterocycles. The second-order valence-electron chi connectivity index (χ2n) is 6.77. The van der Waals surface area contributed by atoms with Crippen LogP contribution in [0.3, 0.4) is 0 Å². The first-order chi connectivity index (χ1) is 12.5. The lowest BCUT2D eigenvalue weighted by Crippen LogP contribution is -2.16. The normalized spacial score (nSPS) is 10.8. The van der Waals surface area contributed by atoms with E-state index in [1.165, 1.54) is 11.1 Å². The summed E-state index contributed by atoms with van der Waals surface area (Å²) < 4.78 is 1.98. The zero-order chi connectivity index (χ0) is 18.7. The van der Waals surface area contributed by atoms with Gasteiger partial charge in [-0.1, -0.05) is 42.5 Å². The molecule has 4 heteroatoms. The molecule has 0 saturated carbocycles. The first kappa shape index (κ1) is 17.9. The third-order valence-corrected chi connectivity index (χ3v) is 4.92. The highest BCUT2D eigenvalue weighted by atomic mass is 16.1. The van der Waals surface area contributed by atoms with Crippen molar-refractivity contribution in [2.45, 2.75) is 40.7 Å². The highest BCUT2D eigenvalue weighted by Gasteiger charge is 2.16. The minimum atomic E-state index is -0.0100. The molecule has 0 spiro atoms. The third kappa shape index (κ3) is 3.85. The number of rotatable bonds is 5. The average molecular weight is 347 g/mol. The van der Waals surface area contributed by atoms with E-state index in [-0.39, 0.29) is 5.91 Å². The van der Waals surface area contributed by atoms with Crippen LogP contribution in [0.1, 0.15) is 33.6 Å². The molecule has 4 nitrogen and oxygen atoms in total. The van der Waals surface area contributed by atoms with E-state index in [1.54, 1.807) is 0 Å². The van der Waals surface area contributed by atoms with Crippen molar-refractivity contribution in [3.8, 4) is 0 Å². The monoisotopic (exact) mass is 347 g/mol. The number of hydrogen-bond donors (Lipinski definition) is 1. The van der Waals surface area contributed by atoms with Crippen LogP contribution in [0.4, 0.5) is 5.69 Å². The molecule has 0 atom stereocenters. The molecule has 1 aromatic heterocycles. The summed E-state index contributed by atoms with van der Waals surface area (Å²) in [4.78, 5) is 12.6. The summed E-state index contributed by atoms with van der Waals surface area (Å²) in [5.74, 6) is -0.0100. The van der Waals surface area contributed by atoms with E-state index in [9.17, 15) is 4.79 Å². The highest BCUT2D eigenvalue weighted by molar-refractivity contribution is 5.93. The Labute approximate surface area is 154 Å². The Morgan fingerprint density at radius 2 is 1.73 bits per heavy atom. The molecule has 1 amide bonds. The number of amides is 1. The van der Waals surface area contributed by atoms with Gasteiger partial charge in [-0.15, -0.1) is 0 Å². The molecule has 3 rings (SSSR count). The molecule has 0 aliphatic carbocycles. The number of nitrogens with zero attached hydrogens (tertiary/aromatic N) is 2. The Kier molecular flexibility index (Phi) is 5.21. The minimum absolute atomic E-state index is 0.0100. The summed E-state index contributed by atoms with van der Waals surface area (Å²) >= 11 is 0. The quantitative estimate of drug-likeness (QED) is 0.746. The van der Waals surface area contributed by atoms with Crippen LogP contribution in [0.2, 0.25) is 0 Å². The number of aromatic nitrogens is 2. The SMILES string of the molecule is Cc1cccc(NC(=O)Cc2c(C)nn(Cc3ccccc3)c2C)c1C. The second-order valence-corrected chi connectivity index (χ2v) is 6.77. The van der Waals surface area contributed by atoms with Crippen LogP contribution < -0.4 is 5.32 Å². The van der Waals surface area contributed by atoms with Crippen molar-refractivity contribution in [3.05, 3.63) is 82.2 Å². The molecule has 134 valence electrons. The van der Waals surface area contributed by atoms with Gasteiger partial charge in [0.25, 0.3) is 0 Å². The fourth-order valence-electron chi connectivity index (χ4n) is 3.14. The van der Waals surface area contributed by atoms with E-state index < -0.39 is 0 Å². The lowest BCUT2D eigenvalue weighted by molar-refractivity contribution is -0.115. The number of anilines is 1. The minimum Gasteiger partial charge on any atom is -0.326 e. The number of hydrogen-bond acceptors (Lipinski definition) is 2. The standard InChI is InChI=1S/C22H25N3O/c1-15-9-8-12-21(16(15)2)23-22(26)13-20-17(3)24-25(18(20)4)14-19-10-6-5-7-11-19/h5-12H,13-14H2,1-4H3,(H,23,26). The fourth-order valence-corrected chi connectivity index (χ4v) is 3.14. The molecule has 0 saturated heterocycles. The molecule has 0 aliphatic rings. The maximum Gasteiger partial charge on any atom is 0.228 e.